The Morgan fingerprint density at radius 3 is 2.38 bits per heavy atom. The molecule has 13 heavy (non-hydrogen) atoms. The smallest absolute Gasteiger partial charge is 0.0249 e. The Labute approximate surface area is 82.7 Å². The van der Waals surface area contributed by atoms with Crippen LogP contribution in [0, 0.1) is 0 Å². The summed E-state index contributed by atoms with van der Waals surface area (Å²) in [6.45, 7) is 10.3. The Morgan fingerprint density at radius 1 is 1.15 bits per heavy atom. The molecule has 1 N–H and O–H groups in total. The molecular formula is C11H24N2. The number of rotatable bonds is 5. The molecule has 1 rings (SSSR count). The van der Waals surface area contributed by atoms with Crippen LogP contribution in [0.3, 0.4) is 0 Å². The van der Waals surface area contributed by atoms with Crippen molar-refractivity contribution in [3.63, 3.8) is 0 Å². The molecule has 2 nitrogen and oxygen atoms in total. The molecule has 0 bridgehead atoms. The molecule has 2 atom stereocenters. The highest BCUT2D eigenvalue weighted by Gasteiger charge is 2.29. The molecule has 2 heteroatoms. The van der Waals surface area contributed by atoms with Crippen LogP contribution in [0.2, 0.25) is 0 Å². The van der Waals surface area contributed by atoms with E-state index in [0.717, 1.165) is 18.6 Å². The Kier molecular flexibility index (Phi) is 4.74. The summed E-state index contributed by atoms with van der Waals surface area (Å²) in [5.74, 6) is 0. The lowest BCUT2D eigenvalue weighted by atomic mass is 10.1. The maximum Gasteiger partial charge on any atom is 0.0249 e. The number of hydrogen-bond donors (Lipinski definition) is 1. The first-order valence-electron chi connectivity index (χ1n) is 5.80. The zero-order valence-corrected chi connectivity index (χ0v) is 9.34. The van der Waals surface area contributed by atoms with Crippen molar-refractivity contribution in [1.29, 1.82) is 0 Å². The summed E-state index contributed by atoms with van der Waals surface area (Å²) in [5.41, 5.74) is 0. The van der Waals surface area contributed by atoms with E-state index in [1.54, 1.807) is 0 Å². The van der Waals surface area contributed by atoms with Gasteiger partial charge in [0.05, 0.1) is 0 Å². The van der Waals surface area contributed by atoms with Crippen molar-refractivity contribution < 1.29 is 0 Å². The summed E-state index contributed by atoms with van der Waals surface area (Å²) in [4.78, 5) is 2.60. The summed E-state index contributed by atoms with van der Waals surface area (Å²) in [6.07, 6.45) is 4.16. The summed E-state index contributed by atoms with van der Waals surface area (Å²) >= 11 is 0. The average molecular weight is 184 g/mol. The van der Waals surface area contributed by atoms with Crippen LogP contribution in [0.4, 0.5) is 0 Å². The minimum atomic E-state index is 0.755. The highest BCUT2D eigenvalue weighted by atomic mass is 15.2. The molecule has 0 heterocycles. The van der Waals surface area contributed by atoms with E-state index in [-0.39, 0.29) is 0 Å². The van der Waals surface area contributed by atoms with Crippen LogP contribution in [0.5, 0.6) is 0 Å². The average Bonchev–Trinajstić information content (AvgIpc) is 2.57. The van der Waals surface area contributed by atoms with Crippen molar-refractivity contribution >= 4 is 0 Å². The Hall–Kier alpha value is -0.0800. The first-order chi connectivity index (χ1) is 6.33. The first kappa shape index (κ1) is 11.0. The van der Waals surface area contributed by atoms with Gasteiger partial charge in [0, 0.05) is 12.1 Å². The van der Waals surface area contributed by atoms with E-state index in [0.29, 0.717) is 0 Å². The zero-order valence-electron chi connectivity index (χ0n) is 9.34. The van der Waals surface area contributed by atoms with Crippen LogP contribution >= 0.6 is 0 Å². The lowest BCUT2D eigenvalue weighted by Crippen LogP contribution is -2.46. The topological polar surface area (TPSA) is 15.3 Å². The highest BCUT2D eigenvalue weighted by Crippen LogP contribution is 2.23. The number of likely N-dealkylation sites (N-methyl/N-ethyl adjacent to an activating group) is 2. The molecule has 1 aliphatic carbocycles. The van der Waals surface area contributed by atoms with Gasteiger partial charge in [-0.25, -0.2) is 0 Å². The van der Waals surface area contributed by atoms with Crippen molar-refractivity contribution in [3.05, 3.63) is 0 Å². The summed E-state index contributed by atoms with van der Waals surface area (Å²) < 4.78 is 0. The number of nitrogens with one attached hydrogen (secondary N) is 1. The first-order valence-corrected chi connectivity index (χ1v) is 5.80. The van der Waals surface area contributed by atoms with E-state index in [1.807, 2.05) is 0 Å². The molecule has 0 radical (unpaired) electrons. The fourth-order valence-electron chi connectivity index (χ4n) is 2.57. The molecule has 0 aromatic carbocycles. The van der Waals surface area contributed by atoms with E-state index in [2.05, 4.69) is 31.0 Å². The van der Waals surface area contributed by atoms with Gasteiger partial charge in [0.15, 0.2) is 0 Å². The van der Waals surface area contributed by atoms with Crippen LogP contribution in [0.25, 0.3) is 0 Å². The molecule has 0 aromatic heterocycles. The molecule has 0 aromatic rings. The molecule has 0 spiro atoms. The van der Waals surface area contributed by atoms with Gasteiger partial charge < -0.3 is 5.32 Å². The monoisotopic (exact) mass is 184 g/mol. The highest BCUT2D eigenvalue weighted by molar-refractivity contribution is 4.89. The van der Waals surface area contributed by atoms with Crippen molar-refractivity contribution in [2.45, 2.75) is 52.1 Å². The van der Waals surface area contributed by atoms with Crippen molar-refractivity contribution in [2.75, 3.05) is 19.6 Å². The number of hydrogen-bond acceptors (Lipinski definition) is 2. The predicted molar refractivity (Wildman–Crippen MR) is 58.0 cm³/mol. The predicted octanol–water partition coefficient (Wildman–Crippen LogP) is 1.86. The molecule has 1 saturated carbocycles. The van der Waals surface area contributed by atoms with E-state index in [9.17, 15) is 0 Å². The van der Waals surface area contributed by atoms with Crippen LogP contribution in [-0.4, -0.2) is 36.6 Å². The van der Waals surface area contributed by atoms with Gasteiger partial charge in [-0.1, -0.05) is 27.2 Å². The molecule has 0 saturated heterocycles. The molecule has 1 aliphatic rings. The zero-order chi connectivity index (χ0) is 9.68. The summed E-state index contributed by atoms with van der Waals surface area (Å²) in [6, 6.07) is 1.56. The van der Waals surface area contributed by atoms with Gasteiger partial charge in [0.1, 0.15) is 0 Å². The summed E-state index contributed by atoms with van der Waals surface area (Å²) in [7, 11) is 0. The molecular weight excluding hydrogens is 160 g/mol. The second-order valence-corrected chi connectivity index (χ2v) is 3.88. The quantitative estimate of drug-likeness (QED) is 0.701. The standard InChI is InChI=1S/C11H24N2/c1-4-12-10-8-7-9-11(10)13(5-2)6-3/h10-12H,4-9H2,1-3H3. The molecule has 0 amide bonds. The van der Waals surface area contributed by atoms with Gasteiger partial charge in [0.2, 0.25) is 0 Å². The minimum absolute atomic E-state index is 0.755. The second kappa shape index (κ2) is 5.61. The maximum absolute atomic E-state index is 3.60. The minimum Gasteiger partial charge on any atom is -0.313 e. The Balaban J connectivity index is 2.45. The van der Waals surface area contributed by atoms with Crippen LogP contribution in [0.15, 0.2) is 0 Å². The normalized spacial score (nSPS) is 28.6. The van der Waals surface area contributed by atoms with Gasteiger partial charge in [-0.3, -0.25) is 4.90 Å². The van der Waals surface area contributed by atoms with Crippen molar-refractivity contribution in [2.24, 2.45) is 0 Å². The Morgan fingerprint density at radius 2 is 1.85 bits per heavy atom. The van der Waals surface area contributed by atoms with E-state index in [1.165, 1.54) is 32.4 Å². The van der Waals surface area contributed by atoms with Gasteiger partial charge in [-0.05, 0) is 32.5 Å². The third-order valence-corrected chi connectivity index (χ3v) is 3.23. The van der Waals surface area contributed by atoms with Gasteiger partial charge in [0.25, 0.3) is 0 Å². The molecule has 78 valence electrons. The number of nitrogens with zero attached hydrogens (tertiary/aromatic N) is 1. The third kappa shape index (κ3) is 2.68. The van der Waals surface area contributed by atoms with Gasteiger partial charge in [-0.2, -0.15) is 0 Å². The van der Waals surface area contributed by atoms with Crippen LogP contribution in [-0.2, 0) is 0 Å². The van der Waals surface area contributed by atoms with Gasteiger partial charge >= 0.3 is 0 Å². The van der Waals surface area contributed by atoms with Crippen molar-refractivity contribution in [1.82, 2.24) is 10.2 Å². The molecule has 2 unspecified atom stereocenters. The second-order valence-electron chi connectivity index (χ2n) is 3.88. The third-order valence-electron chi connectivity index (χ3n) is 3.23. The largest absolute Gasteiger partial charge is 0.313 e. The van der Waals surface area contributed by atoms with Crippen molar-refractivity contribution in [3.8, 4) is 0 Å². The molecule has 1 fully saturated rings. The lowest BCUT2D eigenvalue weighted by molar-refractivity contribution is 0.190. The molecule has 0 aliphatic heterocycles. The fraction of sp³-hybridized carbons (Fsp3) is 1.00. The van der Waals surface area contributed by atoms with Crippen LogP contribution < -0.4 is 5.32 Å². The lowest BCUT2D eigenvalue weighted by Gasteiger charge is -2.31. The van der Waals surface area contributed by atoms with Crippen LogP contribution in [0.1, 0.15) is 40.0 Å². The van der Waals surface area contributed by atoms with E-state index >= 15 is 0 Å². The van der Waals surface area contributed by atoms with E-state index in [4.69, 9.17) is 0 Å². The van der Waals surface area contributed by atoms with E-state index < -0.39 is 0 Å². The maximum atomic E-state index is 3.60. The SMILES string of the molecule is CCNC1CCCC1N(CC)CC. The fourth-order valence-corrected chi connectivity index (χ4v) is 2.57. The van der Waals surface area contributed by atoms with Gasteiger partial charge in [-0.15, -0.1) is 0 Å². The summed E-state index contributed by atoms with van der Waals surface area (Å²) in [5, 5.41) is 3.60. The Bertz CT molecular complexity index is 132.